The number of anilines is 1. The fourth-order valence-electron chi connectivity index (χ4n) is 1.19. The molecule has 0 aromatic carbocycles. The number of halogens is 1. The van der Waals surface area contributed by atoms with Gasteiger partial charge in [0.05, 0.1) is 5.52 Å². The van der Waals surface area contributed by atoms with Gasteiger partial charge in [-0.05, 0) is 12.1 Å². The number of nitrogens with zero attached hydrogens (tertiary/aromatic N) is 2. The molecule has 0 amide bonds. The number of aldehydes is 1. The Bertz CT molecular complexity index is 477. The van der Waals surface area contributed by atoms with Crippen molar-refractivity contribution in [1.82, 2.24) is 9.38 Å². The van der Waals surface area contributed by atoms with Crippen molar-refractivity contribution in [3.05, 3.63) is 29.2 Å². The van der Waals surface area contributed by atoms with E-state index in [1.54, 1.807) is 16.5 Å². The maximum Gasteiger partial charge on any atom is 0.170 e. The number of pyridine rings is 1. The van der Waals surface area contributed by atoms with Crippen LogP contribution in [0, 0.1) is 0 Å². The van der Waals surface area contributed by atoms with Crippen LogP contribution in [0.15, 0.2) is 18.5 Å². The largest absolute Gasteiger partial charge is 0.385 e. The standard InChI is InChI=1S/C8H6ClN3O/c9-5-1-7-6(3-13)11-4-12(7)8(10)2-5/h1-4H,10H2. The highest BCUT2D eigenvalue weighted by atomic mass is 35.5. The molecule has 0 unspecified atom stereocenters. The maximum atomic E-state index is 10.5. The van der Waals surface area contributed by atoms with Crippen LogP contribution >= 0.6 is 11.6 Å². The van der Waals surface area contributed by atoms with Crippen molar-refractivity contribution in [2.24, 2.45) is 0 Å². The van der Waals surface area contributed by atoms with Crippen molar-refractivity contribution in [2.45, 2.75) is 0 Å². The average molecular weight is 196 g/mol. The van der Waals surface area contributed by atoms with Crippen LogP contribution in [0.1, 0.15) is 10.5 Å². The monoisotopic (exact) mass is 195 g/mol. The summed E-state index contributed by atoms with van der Waals surface area (Å²) in [5.74, 6) is 0.461. The van der Waals surface area contributed by atoms with Crippen LogP contribution in [-0.2, 0) is 0 Å². The number of carbonyl (C=O) groups is 1. The van der Waals surface area contributed by atoms with Gasteiger partial charge in [0.2, 0.25) is 0 Å². The predicted molar refractivity (Wildman–Crippen MR) is 50.0 cm³/mol. The summed E-state index contributed by atoms with van der Waals surface area (Å²) in [6, 6.07) is 3.25. The summed E-state index contributed by atoms with van der Waals surface area (Å²) in [7, 11) is 0. The van der Waals surface area contributed by atoms with Crippen LogP contribution in [0.5, 0.6) is 0 Å². The number of imidazole rings is 1. The Morgan fingerprint density at radius 2 is 2.31 bits per heavy atom. The van der Waals surface area contributed by atoms with E-state index >= 15 is 0 Å². The summed E-state index contributed by atoms with van der Waals surface area (Å²) in [5, 5.41) is 0.494. The molecule has 0 saturated heterocycles. The highest BCUT2D eigenvalue weighted by molar-refractivity contribution is 6.31. The van der Waals surface area contributed by atoms with Gasteiger partial charge in [-0.1, -0.05) is 11.6 Å². The molecule has 0 bridgehead atoms. The van der Waals surface area contributed by atoms with Gasteiger partial charge in [-0.15, -0.1) is 0 Å². The molecule has 0 radical (unpaired) electrons. The van der Waals surface area contributed by atoms with Crippen LogP contribution in [0.2, 0.25) is 5.02 Å². The molecule has 2 rings (SSSR count). The van der Waals surface area contributed by atoms with Crippen molar-refractivity contribution >= 4 is 29.2 Å². The van der Waals surface area contributed by atoms with E-state index < -0.39 is 0 Å². The normalized spacial score (nSPS) is 10.5. The summed E-state index contributed by atoms with van der Waals surface area (Å²) in [4.78, 5) is 14.4. The molecule has 13 heavy (non-hydrogen) atoms. The smallest absolute Gasteiger partial charge is 0.170 e. The van der Waals surface area contributed by atoms with Crippen molar-refractivity contribution in [3.8, 4) is 0 Å². The van der Waals surface area contributed by atoms with Gasteiger partial charge < -0.3 is 5.73 Å². The molecule has 0 aliphatic rings. The lowest BCUT2D eigenvalue weighted by Crippen LogP contribution is -1.95. The van der Waals surface area contributed by atoms with E-state index in [4.69, 9.17) is 17.3 Å². The van der Waals surface area contributed by atoms with Crippen molar-refractivity contribution in [3.63, 3.8) is 0 Å². The number of rotatable bonds is 1. The van der Waals surface area contributed by atoms with Crippen LogP contribution in [0.3, 0.4) is 0 Å². The number of fused-ring (bicyclic) bond motifs is 1. The highest BCUT2D eigenvalue weighted by Gasteiger charge is 2.05. The zero-order chi connectivity index (χ0) is 9.42. The molecular formula is C8H6ClN3O. The van der Waals surface area contributed by atoms with Gasteiger partial charge in [0.15, 0.2) is 6.29 Å². The molecule has 5 heteroatoms. The molecule has 2 aromatic heterocycles. The number of hydrogen-bond donors (Lipinski definition) is 1. The molecule has 66 valence electrons. The Morgan fingerprint density at radius 1 is 1.54 bits per heavy atom. The lowest BCUT2D eigenvalue weighted by molar-refractivity contribution is 0.112. The number of nitrogens with two attached hydrogens (primary N) is 1. The van der Waals surface area contributed by atoms with E-state index in [9.17, 15) is 4.79 Å². The van der Waals surface area contributed by atoms with Gasteiger partial charge in [-0.2, -0.15) is 0 Å². The molecular weight excluding hydrogens is 190 g/mol. The zero-order valence-corrected chi connectivity index (χ0v) is 7.32. The van der Waals surface area contributed by atoms with E-state index in [0.717, 1.165) is 0 Å². The molecule has 0 spiro atoms. The van der Waals surface area contributed by atoms with Crippen molar-refractivity contribution in [1.29, 1.82) is 0 Å². The summed E-state index contributed by atoms with van der Waals surface area (Å²) >= 11 is 5.77. The first-order valence-corrected chi connectivity index (χ1v) is 3.97. The van der Waals surface area contributed by atoms with Gasteiger partial charge in [-0.25, -0.2) is 4.98 Å². The third-order valence-electron chi connectivity index (χ3n) is 1.78. The van der Waals surface area contributed by atoms with Gasteiger partial charge in [0.25, 0.3) is 0 Å². The minimum atomic E-state index is 0.342. The molecule has 4 nitrogen and oxygen atoms in total. The van der Waals surface area contributed by atoms with Gasteiger partial charge in [0, 0.05) is 5.02 Å². The predicted octanol–water partition coefficient (Wildman–Crippen LogP) is 1.38. The molecule has 0 saturated carbocycles. The number of aromatic nitrogens is 2. The van der Waals surface area contributed by atoms with E-state index in [2.05, 4.69) is 4.98 Å². The van der Waals surface area contributed by atoms with Crippen LogP contribution in [0.25, 0.3) is 5.52 Å². The SMILES string of the molecule is Nc1cc(Cl)cc2c(C=O)ncn12. The summed E-state index contributed by atoms with van der Waals surface area (Å²) in [6.45, 7) is 0. The Hall–Kier alpha value is -1.55. The maximum absolute atomic E-state index is 10.5. The molecule has 0 atom stereocenters. The quantitative estimate of drug-likeness (QED) is 0.700. The number of nitrogen functional groups attached to an aromatic ring is 1. The molecule has 2 N–H and O–H groups in total. The van der Waals surface area contributed by atoms with E-state index in [1.807, 2.05) is 0 Å². The van der Waals surface area contributed by atoms with Crippen molar-refractivity contribution < 1.29 is 4.79 Å². The van der Waals surface area contributed by atoms with Crippen LogP contribution < -0.4 is 5.73 Å². The molecule has 0 fully saturated rings. The minimum absolute atomic E-state index is 0.342. The Balaban J connectivity index is 2.89. The first-order valence-electron chi connectivity index (χ1n) is 3.59. The topological polar surface area (TPSA) is 60.4 Å². The first-order chi connectivity index (χ1) is 6.22. The molecule has 2 heterocycles. The third-order valence-corrected chi connectivity index (χ3v) is 2.00. The van der Waals surface area contributed by atoms with Gasteiger partial charge in [-0.3, -0.25) is 9.20 Å². The lowest BCUT2D eigenvalue weighted by Gasteiger charge is -1.99. The number of carbonyl (C=O) groups excluding carboxylic acids is 1. The van der Waals surface area contributed by atoms with E-state index in [1.165, 1.54) is 6.33 Å². The molecule has 2 aromatic rings. The minimum Gasteiger partial charge on any atom is -0.385 e. The zero-order valence-electron chi connectivity index (χ0n) is 6.57. The molecule has 0 aliphatic carbocycles. The molecule has 0 aliphatic heterocycles. The van der Waals surface area contributed by atoms with Gasteiger partial charge in [0.1, 0.15) is 17.8 Å². The summed E-state index contributed by atoms with van der Waals surface area (Å²) in [5.41, 5.74) is 6.61. The van der Waals surface area contributed by atoms with Crippen LogP contribution in [0.4, 0.5) is 5.82 Å². The Morgan fingerprint density at radius 3 is 3.00 bits per heavy atom. The number of hydrogen-bond acceptors (Lipinski definition) is 3. The second-order valence-corrected chi connectivity index (χ2v) is 3.04. The second-order valence-electron chi connectivity index (χ2n) is 2.60. The van der Waals surface area contributed by atoms with Crippen LogP contribution in [-0.4, -0.2) is 15.7 Å². The van der Waals surface area contributed by atoms with Gasteiger partial charge >= 0.3 is 0 Å². The fourth-order valence-corrected chi connectivity index (χ4v) is 1.41. The fraction of sp³-hybridized carbons (Fsp3) is 0. The first kappa shape index (κ1) is 8.07. The summed E-state index contributed by atoms with van der Waals surface area (Å²) in [6.07, 6.45) is 2.16. The summed E-state index contributed by atoms with van der Waals surface area (Å²) < 4.78 is 1.61. The van der Waals surface area contributed by atoms with E-state index in [-0.39, 0.29) is 0 Å². The van der Waals surface area contributed by atoms with Crippen molar-refractivity contribution in [2.75, 3.05) is 5.73 Å². The Kier molecular flexibility index (Phi) is 1.70. The highest BCUT2D eigenvalue weighted by Crippen LogP contribution is 2.19. The average Bonchev–Trinajstić information content (AvgIpc) is 2.47. The van der Waals surface area contributed by atoms with E-state index in [0.29, 0.717) is 28.3 Å². The lowest BCUT2D eigenvalue weighted by atomic mass is 10.3. The third kappa shape index (κ3) is 1.15. The second kappa shape index (κ2) is 2.74. The Labute approximate surface area is 78.9 Å².